The van der Waals surface area contributed by atoms with Gasteiger partial charge in [0.2, 0.25) is 0 Å². The summed E-state index contributed by atoms with van der Waals surface area (Å²) < 4.78 is 5.80. The van der Waals surface area contributed by atoms with Crippen molar-refractivity contribution in [2.24, 2.45) is 5.41 Å². The van der Waals surface area contributed by atoms with Crippen LogP contribution < -0.4 is 0 Å². The Bertz CT molecular complexity index is 343. The lowest BCUT2D eigenvalue weighted by molar-refractivity contribution is 0.366. The molecule has 1 fully saturated rings. The summed E-state index contributed by atoms with van der Waals surface area (Å²) in [5.74, 6) is 2.52. The number of oxazole rings is 1. The van der Waals surface area contributed by atoms with Gasteiger partial charge in [-0.15, -0.1) is 0 Å². The second-order valence-electron chi connectivity index (χ2n) is 6.06. The van der Waals surface area contributed by atoms with Crippen molar-refractivity contribution in [1.82, 2.24) is 4.98 Å². The van der Waals surface area contributed by atoms with Gasteiger partial charge in [-0.2, -0.15) is 0 Å². The fourth-order valence-electron chi connectivity index (χ4n) is 1.75. The van der Waals surface area contributed by atoms with Crippen molar-refractivity contribution in [2.45, 2.75) is 52.4 Å². The third kappa shape index (κ3) is 1.58. The van der Waals surface area contributed by atoms with Crippen LogP contribution in [0.4, 0.5) is 0 Å². The highest BCUT2D eigenvalue weighted by molar-refractivity contribution is 5.18. The summed E-state index contributed by atoms with van der Waals surface area (Å²) >= 11 is 0. The Morgan fingerprint density at radius 1 is 1.43 bits per heavy atom. The Morgan fingerprint density at radius 3 is 2.36 bits per heavy atom. The van der Waals surface area contributed by atoms with E-state index in [1.165, 1.54) is 6.42 Å². The minimum Gasteiger partial charge on any atom is -0.445 e. The number of hydrogen-bond donors (Lipinski definition) is 0. The number of nitrogens with zero attached hydrogens (tertiary/aromatic N) is 1. The van der Waals surface area contributed by atoms with Crippen LogP contribution >= 0.6 is 0 Å². The summed E-state index contributed by atoms with van der Waals surface area (Å²) in [7, 11) is 0. The SMILES string of the molecule is CC(C)(C)c1ncc(C2CC2(C)C)o1. The van der Waals surface area contributed by atoms with E-state index in [-0.39, 0.29) is 5.41 Å². The standard InChI is InChI=1S/C12H19NO/c1-11(2,3)10-13-7-9(14-10)8-6-12(8,4)5/h7-8H,6H2,1-5H3. The second-order valence-corrected chi connectivity index (χ2v) is 6.06. The third-order valence-corrected chi connectivity index (χ3v) is 3.02. The molecule has 1 heterocycles. The Balaban J connectivity index is 2.20. The average molecular weight is 193 g/mol. The molecule has 1 unspecified atom stereocenters. The zero-order chi connectivity index (χ0) is 10.6. The van der Waals surface area contributed by atoms with E-state index in [2.05, 4.69) is 39.6 Å². The first-order chi connectivity index (χ1) is 6.31. The molecule has 0 saturated heterocycles. The Kier molecular flexibility index (Phi) is 1.82. The first-order valence-electron chi connectivity index (χ1n) is 5.27. The molecule has 1 aromatic heterocycles. The lowest BCUT2D eigenvalue weighted by Gasteiger charge is -2.12. The number of aromatic nitrogens is 1. The molecule has 0 N–H and O–H groups in total. The molecule has 2 heteroatoms. The Morgan fingerprint density at radius 2 is 2.00 bits per heavy atom. The molecule has 0 radical (unpaired) electrons. The van der Waals surface area contributed by atoms with Gasteiger partial charge < -0.3 is 4.42 Å². The molecule has 0 aromatic carbocycles. The third-order valence-electron chi connectivity index (χ3n) is 3.02. The highest BCUT2D eigenvalue weighted by Crippen LogP contribution is 2.58. The van der Waals surface area contributed by atoms with Crippen LogP contribution in [0.3, 0.4) is 0 Å². The van der Waals surface area contributed by atoms with Gasteiger partial charge in [0, 0.05) is 11.3 Å². The fourth-order valence-corrected chi connectivity index (χ4v) is 1.75. The molecule has 0 aliphatic heterocycles. The van der Waals surface area contributed by atoms with Crippen molar-refractivity contribution >= 4 is 0 Å². The van der Waals surface area contributed by atoms with Crippen LogP contribution in [-0.4, -0.2) is 4.98 Å². The first-order valence-corrected chi connectivity index (χ1v) is 5.27. The summed E-state index contributed by atoms with van der Waals surface area (Å²) in [5.41, 5.74) is 0.450. The highest BCUT2D eigenvalue weighted by Gasteiger charge is 2.49. The largest absolute Gasteiger partial charge is 0.445 e. The maximum atomic E-state index is 5.80. The van der Waals surface area contributed by atoms with E-state index in [1.807, 2.05) is 6.20 Å². The van der Waals surface area contributed by atoms with Gasteiger partial charge in [-0.25, -0.2) is 4.98 Å². The van der Waals surface area contributed by atoms with Crippen LogP contribution in [-0.2, 0) is 5.41 Å². The van der Waals surface area contributed by atoms with Crippen molar-refractivity contribution in [1.29, 1.82) is 0 Å². The molecule has 1 aliphatic carbocycles. The molecular formula is C12H19NO. The van der Waals surface area contributed by atoms with Crippen molar-refractivity contribution in [2.75, 3.05) is 0 Å². The molecule has 78 valence electrons. The van der Waals surface area contributed by atoms with Crippen molar-refractivity contribution in [3.8, 4) is 0 Å². The van der Waals surface area contributed by atoms with Gasteiger partial charge >= 0.3 is 0 Å². The average Bonchev–Trinajstić information content (AvgIpc) is 2.48. The molecule has 0 spiro atoms. The summed E-state index contributed by atoms with van der Waals surface area (Å²) in [4.78, 5) is 4.35. The van der Waals surface area contributed by atoms with Crippen LogP contribution in [0.15, 0.2) is 10.6 Å². The minimum absolute atomic E-state index is 0.0251. The van der Waals surface area contributed by atoms with Crippen LogP contribution in [0, 0.1) is 5.41 Å². The molecule has 2 nitrogen and oxygen atoms in total. The minimum atomic E-state index is 0.0251. The molecule has 0 bridgehead atoms. The lowest BCUT2D eigenvalue weighted by atomic mass is 9.97. The zero-order valence-corrected chi connectivity index (χ0v) is 9.72. The van der Waals surface area contributed by atoms with Gasteiger partial charge in [-0.05, 0) is 11.8 Å². The molecule has 2 rings (SSSR count). The summed E-state index contributed by atoms with van der Waals surface area (Å²) in [6.45, 7) is 10.9. The summed E-state index contributed by atoms with van der Waals surface area (Å²) in [5, 5.41) is 0. The predicted molar refractivity (Wildman–Crippen MR) is 56.3 cm³/mol. The van der Waals surface area contributed by atoms with Gasteiger partial charge in [-0.1, -0.05) is 34.6 Å². The van der Waals surface area contributed by atoms with Crippen LogP contribution in [0.2, 0.25) is 0 Å². The van der Waals surface area contributed by atoms with Crippen molar-refractivity contribution in [3.05, 3.63) is 17.8 Å². The molecule has 1 atom stereocenters. The van der Waals surface area contributed by atoms with E-state index in [1.54, 1.807) is 0 Å². The van der Waals surface area contributed by atoms with E-state index in [0.29, 0.717) is 11.3 Å². The normalized spacial score (nSPS) is 25.1. The van der Waals surface area contributed by atoms with E-state index in [0.717, 1.165) is 11.7 Å². The van der Waals surface area contributed by atoms with Crippen LogP contribution in [0.25, 0.3) is 0 Å². The Hall–Kier alpha value is -0.790. The van der Waals surface area contributed by atoms with Gasteiger partial charge in [-0.3, -0.25) is 0 Å². The van der Waals surface area contributed by atoms with Gasteiger partial charge in [0.15, 0.2) is 5.89 Å². The van der Waals surface area contributed by atoms with E-state index < -0.39 is 0 Å². The highest BCUT2D eigenvalue weighted by atomic mass is 16.4. The quantitative estimate of drug-likeness (QED) is 0.682. The number of rotatable bonds is 1. The molecule has 1 aromatic rings. The maximum Gasteiger partial charge on any atom is 0.199 e. The monoisotopic (exact) mass is 193 g/mol. The van der Waals surface area contributed by atoms with Crippen molar-refractivity contribution in [3.63, 3.8) is 0 Å². The lowest BCUT2D eigenvalue weighted by Crippen LogP contribution is -2.10. The van der Waals surface area contributed by atoms with Crippen LogP contribution in [0.1, 0.15) is 58.6 Å². The van der Waals surface area contributed by atoms with E-state index in [9.17, 15) is 0 Å². The molecule has 1 aliphatic rings. The topological polar surface area (TPSA) is 26.0 Å². The Labute approximate surface area is 85.7 Å². The maximum absolute atomic E-state index is 5.80. The molecule has 0 amide bonds. The first kappa shape index (κ1) is 9.75. The van der Waals surface area contributed by atoms with Gasteiger partial charge in [0.25, 0.3) is 0 Å². The molecule has 1 saturated carbocycles. The zero-order valence-electron chi connectivity index (χ0n) is 9.72. The second kappa shape index (κ2) is 2.62. The molecule has 14 heavy (non-hydrogen) atoms. The van der Waals surface area contributed by atoms with E-state index in [4.69, 9.17) is 4.42 Å². The smallest absolute Gasteiger partial charge is 0.199 e. The summed E-state index contributed by atoms with van der Waals surface area (Å²) in [6, 6.07) is 0. The van der Waals surface area contributed by atoms with Crippen LogP contribution in [0.5, 0.6) is 0 Å². The molecular weight excluding hydrogens is 174 g/mol. The predicted octanol–water partition coefficient (Wildman–Crippen LogP) is 3.49. The van der Waals surface area contributed by atoms with Gasteiger partial charge in [0.05, 0.1) is 6.20 Å². The fraction of sp³-hybridized carbons (Fsp3) is 0.750. The number of hydrogen-bond acceptors (Lipinski definition) is 2. The summed E-state index contributed by atoms with van der Waals surface area (Å²) in [6.07, 6.45) is 3.13. The van der Waals surface area contributed by atoms with E-state index >= 15 is 0 Å². The van der Waals surface area contributed by atoms with Gasteiger partial charge in [0.1, 0.15) is 5.76 Å². The van der Waals surface area contributed by atoms with Crippen molar-refractivity contribution < 1.29 is 4.42 Å².